The van der Waals surface area contributed by atoms with Crippen LogP contribution in [-0.2, 0) is 12.8 Å². The number of allylic oxidation sites excluding steroid dienone is 2. The number of hydrogen-bond acceptors (Lipinski definition) is 2. The van der Waals surface area contributed by atoms with Crippen LogP contribution in [-0.4, -0.2) is 5.78 Å². The lowest BCUT2D eigenvalue weighted by atomic mass is 9.96. The highest BCUT2D eigenvalue weighted by molar-refractivity contribution is 7.14. The van der Waals surface area contributed by atoms with Gasteiger partial charge in [0.25, 0.3) is 0 Å². The molecule has 0 unspecified atom stereocenters. The molecule has 2 aromatic rings. The van der Waals surface area contributed by atoms with Gasteiger partial charge < -0.3 is 0 Å². The second-order valence-electron chi connectivity index (χ2n) is 7.54. The smallest absolute Gasteiger partial charge is 0.173 e. The summed E-state index contributed by atoms with van der Waals surface area (Å²) in [6.07, 6.45) is 6.75. The van der Waals surface area contributed by atoms with E-state index in [9.17, 15) is 4.79 Å². The number of hydrogen-bond donors (Lipinski definition) is 0. The Kier molecular flexibility index (Phi) is 5.29. The number of carbonyl (C=O) groups is 1. The molecule has 1 heterocycles. The van der Waals surface area contributed by atoms with Crippen molar-refractivity contribution in [1.82, 2.24) is 0 Å². The zero-order valence-electron chi connectivity index (χ0n) is 15.9. The van der Waals surface area contributed by atoms with Gasteiger partial charge in [0.2, 0.25) is 0 Å². The molecule has 0 saturated heterocycles. The first kappa shape index (κ1) is 18.1. The number of Topliss-reactive ketones (excluding diaryl/α,β-unsaturated/α-hetero) is 1. The summed E-state index contributed by atoms with van der Waals surface area (Å²) in [4.78, 5) is 15.1. The molecular weight excluding hydrogens is 324 g/mol. The highest BCUT2D eigenvalue weighted by Gasteiger charge is 2.19. The normalized spacial score (nSPS) is 13.3. The highest BCUT2D eigenvalue weighted by Crippen LogP contribution is 2.32. The number of thiophene rings is 1. The number of rotatable bonds is 7. The SMILES string of the molecule is Cc1cc(C2=C[CH]2)ccc1CCC(=O)c1sc(C)c(CC(C)C)c1C. The minimum atomic E-state index is 0.294. The van der Waals surface area contributed by atoms with E-state index in [1.165, 1.54) is 38.3 Å². The van der Waals surface area contributed by atoms with Crippen molar-refractivity contribution in [3.63, 3.8) is 0 Å². The van der Waals surface area contributed by atoms with Gasteiger partial charge in [0.15, 0.2) is 5.78 Å². The lowest BCUT2D eigenvalue weighted by Gasteiger charge is -2.08. The Bertz CT molecular complexity index is 836. The van der Waals surface area contributed by atoms with E-state index in [1.54, 1.807) is 11.3 Å². The van der Waals surface area contributed by atoms with Crippen LogP contribution in [0.25, 0.3) is 5.57 Å². The van der Waals surface area contributed by atoms with Gasteiger partial charge in [-0.05, 0) is 72.9 Å². The van der Waals surface area contributed by atoms with Crippen molar-refractivity contribution in [3.05, 3.63) is 68.3 Å². The van der Waals surface area contributed by atoms with Gasteiger partial charge in [-0.3, -0.25) is 4.79 Å². The van der Waals surface area contributed by atoms with Crippen molar-refractivity contribution in [2.45, 2.75) is 53.9 Å². The molecule has 3 rings (SSSR count). The van der Waals surface area contributed by atoms with Crippen molar-refractivity contribution in [2.24, 2.45) is 5.92 Å². The summed E-state index contributed by atoms with van der Waals surface area (Å²) in [6.45, 7) is 10.9. The second kappa shape index (κ2) is 7.29. The molecule has 1 radical (unpaired) electrons. The Hall–Kier alpha value is -1.67. The number of benzene rings is 1. The van der Waals surface area contributed by atoms with Crippen molar-refractivity contribution in [3.8, 4) is 0 Å². The molecule has 1 aromatic carbocycles. The van der Waals surface area contributed by atoms with E-state index in [-0.39, 0.29) is 0 Å². The van der Waals surface area contributed by atoms with Gasteiger partial charge in [-0.15, -0.1) is 11.3 Å². The van der Waals surface area contributed by atoms with Crippen molar-refractivity contribution in [2.75, 3.05) is 0 Å². The molecule has 1 aliphatic carbocycles. The Morgan fingerprint density at radius 3 is 2.48 bits per heavy atom. The molecule has 2 heteroatoms. The molecular formula is C23H27OS. The average Bonchev–Trinajstić information content (AvgIpc) is 3.36. The van der Waals surface area contributed by atoms with Gasteiger partial charge in [0.05, 0.1) is 4.88 Å². The van der Waals surface area contributed by atoms with E-state index in [1.807, 2.05) is 0 Å². The van der Waals surface area contributed by atoms with Crippen LogP contribution in [0.5, 0.6) is 0 Å². The minimum absolute atomic E-state index is 0.294. The molecule has 0 fully saturated rings. The standard InChI is InChI=1S/C23H27OS/c1-14(2)12-21-16(4)23(25-17(21)5)22(24)11-10-18-6-9-20(13-15(18)3)19-7-8-19/h6-9,13-14H,10-12H2,1-5H3. The maximum Gasteiger partial charge on any atom is 0.173 e. The summed E-state index contributed by atoms with van der Waals surface area (Å²) < 4.78 is 0. The Balaban J connectivity index is 1.69. The third kappa shape index (κ3) is 4.12. The van der Waals surface area contributed by atoms with Crippen molar-refractivity contribution in [1.29, 1.82) is 0 Å². The van der Waals surface area contributed by atoms with Crippen LogP contribution in [0.15, 0.2) is 24.3 Å². The molecule has 1 aromatic heterocycles. The van der Waals surface area contributed by atoms with Crippen LogP contribution in [0.1, 0.15) is 62.6 Å². The second-order valence-corrected chi connectivity index (χ2v) is 8.77. The zero-order valence-corrected chi connectivity index (χ0v) is 16.7. The van der Waals surface area contributed by atoms with Gasteiger partial charge in [-0.2, -0.15) is 0 Å². The molecule has 0 amide bonds. The fraction of sp³-hybridized carbons (Fsp3) is 0.391. The van der Waals surface area contributed by atoms with E-state index in [4.69, 9.17) is 0 Å². The maximum absolute atomic E-state index is 12.8. The van der Waals surface area contributed by atoms with Crippen molar-refractivity contribution < 1.29 is 4.79 Å². The van der Waals surface area contributed by atoms with Crippen LogP contribution >= 0.6 is 11.3 Å². The lowest BCUT2D eigenvalue weighted by Crippen LogP contribution is -2.03. The molecule has 0 aliphatic heterocycles. The molecule has 0 N–H and O–H groups in total. The van der Waals surface area contributed by atoms with Gasteiger partial charge in [0.1, 0.15) is 0 Å². The average molecular weight is 352 g/mol. The molecule has 0 spiro atoms. The van der Waals surface area contributed by atoms with E-state index in [2.05, 4.69) is 65.3 Å². The molecule has 131 valence electrons. The molecule has 25 heavy (non-hydrogen) atoms. The maximum atomic E-state index is 12.8. The predicted octanol–water partition coefficient (Wildman–Crippen LogP) is 6.29. The van der Waals surface area contributed by atoms with E-state index in [0.717, 1.165) is 17.7 Å². The first-order chi connectivity index (χ1) is 11.9. The summed E-state index contributed by atoms with van der Waals surface area (Å²) in [5.74, 6) is 0.914. The van der Waals surface area contributed by atoms with E-state index < -0.39 is 0 Å². The van der Waals surface area contributed by atoms with Crippen LogP contribution < -0.4 is 0 Å². The molecule has 1 nitrogen and oxygen atoms in total. The summed E-state index contributed by atoms with van der Waals surface area (Å²) in [5.41, 5.74) is 7.78. The van der Waals surface area contributed by atoms with Crippen molar-refractivity contribution >= 4 is 22.7 Å². The Morgan fingerprint density at radius 1 is 1.16 bits per heavy atom. The Labute approximate surface area is 155 Å². The quantitative estimate of drug-likeness (QED) is 0.536. The molecule has 0 atom stereocenters. The van der Waals surface area contributed by atoms with Crippen LogP contribution in [0.4, 0.5) is 0 Å². The lowest BCUT2D eigenvalue weighted by molar-refractivity contribution is 0.0986. The molecule has 1 aliphatic rings. The summed E-state index contributed by atoms with van der Waals surface area (Å²) >= 11 is 1.68. The fourth-order valence-corrected chi connectivity index (χ4v) is 4.57. The number of aryl methyl sites for hydroxylation is 3. The summed E-state index contributed by atoms with van der Waals surface area (Å²) in [5, 5.41) is 0. The monoisotopic (exact) mass is 351 g/mol. The number of carbonyl (C=O) groups excluding carboxylic acids is 1. The van der Waals surface area contributed by atoms with Crippen LogP contribution in [0, 0.1) is 33.1 Å². The summed E-state index contributed by atoms with van der Waals surface area (Å²) in [7, 11) is 0. The number of ketones is 1. The molecule has 0 bridgehead atoms. The fourth-order valence-electron chi connectivity index (χ4n) is 3.42. The van der Waals surface area contributed by atoms with Gasteiger partial charge in [0, 0.05) is 17.7 Å². The largest absolute Gasteiger partial charge is 0.293 e. The summed E-state index contributed by atoms with van der Waals surface area (Å²) in [6, 6.07) is 6.58. The van der Waals surface area contributed by atoms with E-state index >= 15 is 0 Å². The molecule has 0 saturated carbocycles. The predicted molar refractivity (Wildman–Crippen MR) is 108 cm³/mol. The first-order valence-electron chi connectivity index (χ1n) is 9.13. The highest BCUT2D eigenvalue weighted by atomic mass is 32.1. The van der Waals surface area contributed by atoms with Gasteiger partial charge >= 0.3 is 0 Å². The Morgan fingerprint density at radius 2 is 1.88 bits per heavy atom. The van der Waals surface area contributed by atoms with Crippen LogP contribution in [0.3, 0.4) is 0 Å². The van der Waals surface area contributed by atoms with Crippen LogP contribution in [0.2, 0.25) is 0 Å². The minimum Gasteiger partial charge on any atom is -0.293 e. The third-order valence-corrected chi connectivity index (χ3v) is 6.26. The topological polar surface area (TPSA) is 17.1 Å². The third-order valence-electron chi connectivity index (χ3n) is 4.97. The van der Waals surface area contributed by atoms with E-state index in [0.29, 0.717) is 18.1 Å². The zero-order chi connectivity index (χ0) is 18.1. The first-order valence-corrected chi connectivity index (χ1v) is 9.95. The van der Waals surface area contributed by atoms with Gasteiger partial charge in [-0.25, -0.2) is 0 Å². The van der Waals surface area contributed by atoms with Gasteiger partial charge in [-0.1, -0.05) is 38.1 Å².